The smallest absolute Gasteiger partial charge is 0.160 e. The minimum Gasteiger partial charge on any atom is -0.228 e. The summed E-state index contributed by atoms with van der Waals surface area (Å²) in [6.45, 7) is 19.1. The Balaban J connectivity index is 1.28. The molecule has 2 nitrogen and oxygen atoms in total. The molecule has 0 spiro atoms. The van der Waals surface area contributed by atoms with Crippen LogP contribution in [0, 0.1) is 0 Å². The highest BCUT2D eigenvalue weighted by molar-refractivity contribution is 6.90. The van der Waals surface area contributed by atoms with Crippen molar-refractivity contribution in [1.82, 2.24) is 9.97 Å². The van der Waals surface area contributed by atoms with Crippen molar-refractivity contribution in [2.75, 3.05) is 0 Å². The molecule has 0 amide bonds. The quantitative estimate of drug-likeness (QED) is 0.162. The summed E-state index contributed by atoms with van der Waals surface area (Å²) >= 11 is 0. The van der Waals surface area contributed by atoms with Crippen molar-refractivity contribution in [3.8, 4) is 56.2 Å². The lowest BCUT2D eigenvalue weighted by molar-refractivity contribution is 0.660. The molecule has 0 fully saturated rings. The number of hydrogen-bond acceptors (Lipinski definition) is 2. The molecule has 1 aliphatic carbocycles. The van der Waals surface area contributed by atoms with E-state index in [0.29, 0.717) is 0 Å². The van der Waals surface area contributed by atoms with E-state index in [9.17, 15) is 0 Å². The minimum atomic E-state index is -1.57. The highest BCUT2D eigenvalue weighted by atomic mass is 28.3. The second-order valence-electron chi connectivity index (χ2n) is 16.8. The molecule has 252 valence electrons. The molecule has 0 atom stereocenters. The summed E-state index contributed by atoms with van der Waals surface area (Å²) in [5.74, 6) is 0.740. The van der Waals surface area contributed by atoms with Gasteiger partial charge in [0.2, 0.25) is 0 Å². The van der Waals surface area contributed by atoms with Crippen molar-refractivity contribution >= 4 is 37.3 Å². The maximum atomic E-state index is 5.35. The second-order valence-corrected chi connectivity index (χ2v) is 26.9. The zero-order valence-corrected chi connectivity index (χ0v) is 33.1. The van der Waals surface area contributed by atoms with Gasteiger partial charge >= 0.3 is 0 Å². The van der Waals surface area contributed by atoms with Crippen molar-refractivity contribution in [1.29, 1.82) is 0 Å². The highest BCUT2D eigenvalue weighted by Gasteiger charge is 2.35. The second kappa shape index (κ2) is 12.1. The van der Waals surface area contributed by atoms with Gasteiger partial charge in [-0.1, -0.05) is 179 Å². The molecular weight excluding hydrogens is 649 g/mol. The molecule has 0 saturated heterocycles. The number of nitrogens with zero attached hydrogens (tertiary/aromatic N) is 2. The van der Waals surface area contributed by atoms with Crippen LogP contribution in [0.5, 0.6) is 0 Å². The van der Waals surface area contributed by atoms with Gasteiger partial charge < -0.3 is 0 Å². The fourth-order valence-corrected chi connectivity index (χ4v) is 10.7. The van der Waals surface area contributed by atoms with E-state index in [-0.39, 0.29) is 5.41 Å². The predicted molar refractivity (Wildman–Crippen MR) is 225 cm³/mol. The maximum absolute atomic E-state index is 5.35. The average molecular weight is 695 g/mol. The molecule has 1 heterocycles. The van der Waals surface area contributed by atoms with Crippen molar-refractivity contribution < 1.29 is 0 Å². The van der Waals surface area contributed by atoms with Gasteiger partial charge in [-0.15, -0.1) is 0 Å². The standard InChI is InChI=1S/C47H46N2Si2/c1-47(2)41-19-12-11-17-37(41)40-29-33(22-26-42(40)47)32-14-13-15-34(28-32)46-48-43(31-20-23-35(24-21-31)50(3,4)5)30-44(49-46)38-25-27-45(51(6,7)8)39-18-10-9-16-36(38)39/h9-30H,1-8H3. The number of fused-ring (bicyclic) bond motifs is 4. The molecule has 4 heteroatoms. The van der Waals surface area contributed by atoms with Gasteiger partial charge in [0.1, 0.15) is 0 Å². The Bertz CT molecular complexity index is 2460. The summed E-state index contributed by atoms with van der Waals surface area (Å²) in [6, 6.07) is 49.4. The van der Waals surface area contributed by atoms with Gasteiger partial charge in [0.05, 0.1) is 27.5 Å². The Kier molecular flexibility index (Phi) is 7.89. The van der Waals surface area contributed by atoms with Crippen LogP contribution in [0.25, 0.3) is 66.9 Å². The van der Waals surface area contributed by atoms with E-state index >= 15 is 0 Å². The van der Waals surface area contributed by atoms with Gasteiger partial charge in [0.25, 0.3) is 0 Å². The van der Waals surface area contributed by atoms with Gasteiger partial charge in [0.15, 0.2) is 5.82 Å². The monoisotopic (exact) mass is 694 g/mol. The van der Waals surface area contributed by atoms with E-state index in [1.807, 2.05) is 0 Å². The lowest BCUT2D eigenvalue weighted by Gasteiger charge is -2.21. The normalized spacial score (nSPS) is 13.6. The number of rotatable bonds is 6. The molecule has 0 saturated carbocycles. The van der Waals surface area contributed by atoms with Gasteiger partial charge in [-0.2, -0.15) is 0 Å². The molecule has 0 unspecified atom stereocenters. The Hall–Kier alpha value is -4.91. The molecule has 8 rings (SSSR count). The predicted octanol–water partition coefficient (Wildman–Crippen LogP) is 11.7. The summed E-state index contributed by atoms with van der Waals surface area (Å²) in [5, 5.41) is 5.50. The average Bonchev–Trinajstić information content (AvgIpc) is 3.36. The lowest BCUT2D eigenvalue weighted by Crippen LogP contribution is -2.38. The molecule has 0 aliphatic heterocycles. The van der Waals surface area contributed by atoms with Crippen LogP contribution in [0.4, 0.5) is 0 Å². The first-order chi connectivity index (χ1) is 24.3. The van der Waals surface area contributed by atoms with Gasteiger partial charge in [-0.3, -0.25) is 0 Å². The first kappa shape index (κ1) is 33.2. The van der Waals surface area contributed by atoms with Crippen LogP contribution >= 0.6 is 0 Å². The van der Waals surface area contributed by atoms with Crippen molar-refractivity contribution in [3.05, 3.63) is 145 Å². The summed E-state index contributed by atoms with van der Waals surface area (Å²) in [4.78, 5) is 10.6. The van der Waals surface area contributed by atoms with E-state index in [2.05, 4.69) is 187 Å². The van der Waals surface area contributed by atoms with Crippen LogP contribution in [0.3, 0.4) is 0 Å². The van der Waals surface area contributed by atoms with Crippen molar-refractivity contribution in [2.24, 2.45) is 0 Å². The van der Waals surface area contributed by atoms with E-state index in [1.54, 1.807) is 0 Å². The third kappa shape index (κ3) is 5.90. The van der Waals surface area contributed by atoms with Crippen LogP contribution in [0.1, 0.15) is 25.0 Å². The fourth-order valence-electron chi connectivity index (χ4n) is 7.92. The first-order valence-electron chi connectivity index (χ1n) is 18.2. The van der Waals surface area contributed by atoms with E-state index in [0.717, 1.165) is 39.5 Å². The minimum absolute atomic E-state index is 0.0122. The van der Waals surface area contributed by atoms with Crippen LogP contribution in [0.2, 0.25) is 39.3 Å². The lowest BCUT2D eigenvalue weighted by atomic mass is 9.82. The van der Waals surface area contributed by atoms with Gasteiger partial charge in [0, 0.05) is 22.1 Å². The summed E-state index contributed by atoms with van der Waals surface area (Å²) in [5.41, 5.74) is 13.0. The van der Waals surface area contributed by atoms with Gasteiger partial charge in [-0.25, -0.2) is 9.97 Å². The molecule has 51 heavy (non-hydrogen) atoms. The SMILES string of the molecule is CC1(C)c2ccccc2-c2cc(-c3cccc(-c4nc(-c5ccc([Si](C)(C)C)cc5)cc(-c5ccc([Si](C)(C)C)c6ccccc56)n4)c3)ccc21. The molecule has 1 aliphatic rings. The molecule has 7 aromatic rings. The third-order valence-electron chi connectivity index (χ3n) is 10.8. The summed E-state index contributed by atoms with van der Waals surface area (Å²) in [6.07, 6.45) is 0. The van der Waals surface area contributed by atoms with Crippen LogP contribution in [-0.2, 0) is 5.41 Å². The van der Waals surface area contributed by atoms with Crippen LogP contribution in [0.15, 0.2) is 133 Å². The highest BCUT2D eigenvalue weighted by Crippen LogP contribution is 2.49. The first-order valence-corrected chi connectivity index (χ1v) is 25.2. The zero-order valence-electron chi connectivity index (χ0n) is 31.1. The number of aromatic nitrogens is 2. The van der Waals surface area contributed by atoms with Crippen molar-refractivity contribution in [3.63, 3.8) is 0 Å². The zero-order chi connectivity index (χ0) is 35.7. The molecule has 1 aromatic heterocycles. The topological polar surface area (TPSA) is 25.8 Å². The van der Waals surface area contributed by atoms with Crippen molar-refractivity contribution in [2.45, 2.75) is 58.5 Å². The third-order valence-corrected chi connectivity index (χ3v) is 14.9. The number of hydrogen-bond donors (Lipinski definition) is 0. The summed E-state index contributed by atoms with van der Waals surface area (Å²) in [7, 11) is -3.01. The Morgan fingerprint density at radius 2 is 1.06 bits per heavy atom. The Morgan fingerprint density at radius 3 is 1.80 bits per heavy atom. The van der Waals surface area contributed by atoms with E-state index in [1.165, 1.54) is 49.0 Å². The van der Waals surface area contributed by atoms with Gasteiger partial charge in [-0.05, 0) is 62.4 Å². The molecular formula is C47H46N2Si2. The fraction of sp³-hybridized carbons (Fsp3) is 0.191. The van der Waals surface area contributed by atoms with Crippen LogP contribution < -0.4 is 10.4 Å². The Labute approximate surface area is 305 Å². The molecule has 0 bridgehead atoms. The Morgan fingerprint density at radius 1 is 0.431 bits per heavy atom. The summed E-state index contributed by atoms with van der Waals surface area (Å²) < 4.78 is 0. The van der Waals surface area contributed by atoms with E-state index < -0.39 is 16.1 Å². The molecule has 0 radical (unpaired) electrons. The van der Waals surface area contributed by atoms with E-state index in [4.69, 9.17) is 9.97 Å². The molecule has 6 aromatic carbocycles. The van der Waals surface area contributed by atoms with Crippen LogP contribution in [-0.4, -0.2) is 26.1 Å². The number of benzene rings is 6. The maximum Gasteiger partial charge on any atom is 0.160 e. The largest absolute Gasteiger partial charge is 0.228 e. The molecule has 0 N–H and O–H groups in total.